The quantitative estimate of drug-likeness (QED) is 0.536. The molecule has 2 N–H and O–H groups in total. The van der Waals surface area contributed by atoms with Crippen LogP contribution in [-0.2, 0) is 13.0 Å². The minimum atomic E-state index is -1.26. The molecule has 12 heteroatoms. The van der Waals surface area contributed by atoms with Crippen molar-refractivity contribution < 1.29 is 36.6 Å². The number of aromatic nitrogens is 1. The van der Waals surface area contributed by atoms with E-state index in [0.717, 1.165) is 22.9 Å². The average Bonchev–Trinajstić information content (AvgIpc) is 2.97. The molecule has 3 heterocycles. The first-order valence-corrected chi connectivity index (χ1v) is 10.7. The van der Waals surface area contributed by atoms with E-state index in [0.29, 0.717) is 23.3 Å². The van der Waals surface area contributed by atoms with Gasteiger partial charge in [0.2, 0.25) is 5.43 Å². The Hall–Kier alpha value is -4.22. The minimum absolute atomic E-state index is 0.000717. The maximum absolute atomic E-state index is 14.1. The Labute approximate surface area is 199 Å². The maximum atomic E-state index is 14.1. The van der Waals surface area contributed by atoms with Gasteiger partial charge in [-0.2, -0.15) is 0 Å². The van der Waals surface area contributed by atoms with Gasteiger partial charge in [-0.1, -0.05) is 0 Å². The van der Waals surface area contributed by atoms with Crippen LogP contribution in [0.5, 0.6) is 5.75 Å². The van der Waals surface area contributed by atoms with E-state index in [2.05, 4.69) is 5.32 Å². The number of carbonyl (C=O) groups excluding carboxylic acids is 2. The van der Waals surface area contributed by atoms with E-state index in [1.165, 1.54) is 4.90 Å². The molecular formula is C24H16F5N3O4. The molecule has 5 rings (SSSR count). The van der Waals surface area contributed by atoms with Gasteiger partial charge in [-0.3, -0.25) is 14.4 Å². The number of amides is 2. The fraction of sp³-hybridized carbons (Fsp3) is 0.208. The third-order valence-electron chi connectivity index (χ3n) is 6.40. The summed E-state index contributed by atoms with van der Waals surface area (Å²) in [5.41, 5.74) is -2.25. The SMILES string of the molecule is O=C(NCc1c(F)cc(F)cc1F)c1cn2c(c(O)c1=O)C(=O)N1CCc3cc(F)c(F)cc3C2C1. The van der Waals surface area contributed by atoms with Gasteiger partial charge in [0.15, 0.2) is 23.1 Å². The van der Waals surface area contributed by atoms with Crippen LogP contribution >= 0.6 is 0 Å². The molecule has 2 aromatic carbocycles. The van der Waals surface area contributed by atoms with E-state index >= 15 is 0 Å². The van der Waals surface area contributed by atoms with E-state index in [1.807, 2.05) is 0 Å². The Morgan fingerprint density at radius 2 is 1.67 bits per heavy atom. The largest absolute Gasteiger partial charge is 0.503 e. The second-order valence-electron chi connectivity index (χ2n) is 8.49. The van der Waals surface area contributed by atoms with E-state index in [9.17, 15) is 41.4 Å². The number of hydrogen-bond acceptors (Lipinski definition) is 4. The normalized spacial score (nSPS) is 16.3. The van der Waals surface area contributed by atoms with Crippen LogP contribution in [0.3, 0.4) is 0 Å². The summed E-state index contributed by atoms with van der Waals surface area (Å²) >= 11 is 0. The Balaban J connectivity index is 1.57. The van der Waals surface area contributed by atoms with E-state index in [-0.39, 0.29) is 19.5 Å². The average molecular weight is 505 g/mol. The summed E-state index contributed by atoms with van der Waals surface area (Å²) in [6.45, 7) is -0.625. The number of hydrogen-bond donors (Lipinski definition) is 2. The van der Waals surface area contributed by atoms with Gasteiger partial charge < -0.3 is 19.9 Å². The van der Waals surface area contributed by atoms with Gasteiger partial charge in [0, 0.05) is 43.5 Å². The fourth-order valence-corrected chi connectivity index (χ4v) is 4.60. The van der Waals surface area contributed by atoms with Crippen molar-refractivity contribution in [2.45, 2.75) is 19.0 Å². The zero-order chi connectivity index (χ0) is 25.9. The Kier molecular flexibility index (Phi) is 5.53. The highest BCUT2D eigenvalue weighted by atomic mass is 19.2. The molecule has 0 radical (unpaired) electrons. The van der Waals surface area contributed by atoms with Crippen LogP contribution < -0.4 is 10.7 Å². The number of nitrogens with zero attached hydrogens (tertiary/aromatic N) is 2. The van der Waals surface area contributed by atoms with Crippen molar-refractivity contribution >= 4 is 11.8 Å². The van der Waals surface area contributed by atoms with Crippen LogP contribution in [0, 0.1) is 29.1 Å². The molecule has 0 saturated carbocycles. The van der Waals surface area contributed by atoms with Crippen LogP contribution in [0.15, 0.2) is 35.3 Å². The van der Waals surface area contributed by atoms with Crippen molar-refractivity contribution in [2.75, 3.05) is 13.1 Å². The van der Waals surface area contributed by atoms with Crippen LogP contribution in [0.4, 0.5) is 22.0 Å². The summed E-state index contributed by atoms with van der Waals surface area (Å²) in [6, 6.07) is 1.96. The lowest BCUT2D eigenvalue weighted by Crippen LogP contribution is -2.45. The second-order valence-corrected chi connectivity index (χ2v) is 8.49. The van der Waals surface area contributed by atoms with Gasteiger partial charge >= 0.3 is 0 Å². The Morgan fingerprint density at radius 1 is 1.00 bits per heavy atom. The number of rotatable bonds is 3. The maximum Gasteiger partial charge on any atom is 0.274 e. The molecule has 2 bridgehead atoms. The summed E-state index contributed by atoms with van der Waals surface area (Å²) in [6.07, 6.45) is 1.18. The van der Waals surface area contributed by atoms with Gasteiger partial charge in [-0.15, -0.1) is 0 Å². The molecule has 0 aliphatic carbocycles. The lowest BCUT2D eigenvalue weighted by atomic mass is 9.97. The molecule has 36 heavy (non-hydrogen) atoms. The van der Waals surface area contributed by atoms with Crippen molar-refractivity contribution in [1.29, 1.82) is 0 Å². The molecule has 2 amide bonds. The minimum Gasteiger partial charge on any atom is -0.503 e. The van der Waals surface area contributed by atoms with E-state index in [1.54, 1.807) is 0 Å². The number of nitrogens with one attached hydrogen (secondary N) is 1. The highest BCUT2D eigenvalue weighted by molar-refractivity contribution is 5.99. The zero-order valence-electron chi connectivity index (χ0n) is 18.2. The van der Waals surface area contributed by atoms with Crippen molar-refractivity contribution in [3.8, 4) is 5.75 Å². The summed E-state index contributed by atoms with van der Waals surface area (Å²) < 4.78 is 70.1. The van der Waals surface area contributed by atoms with E-state index < -0.39 is 81.5 Å². The standard InChI is InChI=1S/C24H16F5N3O4/c25-11-4-15(26)13(16(27)5-11)7-30-23(35)14-8-32-19-9-31(24(36)20(32)22(34)21(14)33)2-1-10-3-17(28)18(29)6-12(10)19/h3-6,8,19,34H,1-2,7,9H2,(H,30,35). The molecule has 0 saturated heterocycles. The molecule has 186 valence electrons. The van der Waals surface area contributed by atoms with E-state index in [4.69, 9.17) is 0 Å². The molecule has 1 unspecified atom stereocenters. The fourth-order valence-electron chi connectivity index (χ4n) is 4.60. The lowest BCUT2D eigenvalue weighted by Gasteiger charge is -2.35. The molecule has 2 aliphatic rings. The summed E-state index contributed by atoms with van der Waals surface area (Å²) in [7, 11) is 0. The van der Waals surface area contributed by atoms with Crippen molar-refractivity contribution in [3.05, 3.63) is 97.7 Å². The van der Waals surface area contributed by atoms with Gasteiger partial charge in [-0.25, -0.2) is 22.0 Å². The zero-order valence-corrected chi connectivity index (χ0v) is 18.2. The van der Waals surface area contributed by atoms with Crippen LogP contribution in [-0.4, -0.2) is 39.5 Å². The number of benzene rings is 2. The Morgan fingerprint density at radius 3 is 2.36 bits per heavy atom. The summed E-state index contributed by atoms with van der Waals surface area (Å²) in [5.74, 6) is -8.76. The molecule has 3 aromatic rings. The number of aromatic hydroxyl groups is 1. The monoisotopic (exact) mass is 505 g/mol. The lowest BCUT2D eigenvalue weighted by molar-refractivity contribution is 0.0686. The highest BCUT2D eigenvalue weighted by Crippen LogP contribution is 2.35. The highest BCUT2D eigenvalue weighted by Gasteiger charge is 2.39. The molecule has 1 aromatic heterocycles. The molecular weight excluding hydrogens is 489 g/mol. The number of halogens is 5. The van der Waals surface area contributed by atoms with Gasteiger partial charge in [-0.05, 0) is 29.7 Å². The first-order chi connectivity index (χ1) is 17.1. The third-order valence-corrected chi connectivity index (χ3v) is 6.40. The number of fused-ring (bicyclic) bond motifs is 6. The van der Waals surface area contributed by atoms with Gasteiger partial charge in [0.1, 0.15) is 23.0 Å². The van der Waals surface area contributed by atoms with Crippen LogP contribution in [0.2, 0.25) is 0 Å². The summed E-state index contributed by atoms with van der Waals surface area (Å²) in [5, 5.41) is 12.7. The summed E-state index contributed by atoms with van der Waals surface area (Å²) in [4.78, 5) is 39.8. The van der Waals surface area contributed by atoms with Crippen molar-refractivity contribution in [3.63, 3.8) is 0 Å². The first kappa shape index (κ1) is 23.5. The van der Waals surface area contributed by atoms with Crippen LogP contribution in [0.25, 0.3) is 0 Å². The molecule has 1 atom stereocenters. The molecule has 2 aliphatic heterocycles. The topological polar surface area (TPSA) is 91.6 Å². The molecule has 7 nitrogen and oxygen atoms in total. The number of carbonyl (C=O) groups is 2. The first-order valence-electron chi connectivity index (χ1n) is 10.7. The second kappa shape index (κ2) is 8.47. The predicted molar refractivity (Wildman–Crippen MR) is 114 cm³/mol. The van der Waals surface area contributed by atoms with Gasteiger partial charge in [0.05, 0.1) is 6.04 Å². The van der Waals surface area contributed by atoms with Crippen molar-refractivity contribution in [2.24, 2.45) is 0 Å². The predicted octanol–water partition coefficient (Wildman–Crippen LogP) is 2.78. The van der Waals surface area contributed by atoms with Crippen LogP contribution in [0.1, 0.15) is 43.6 Å². The molecule has 0 spiro atoms. The van der Waals surface area contributed by atoms with Crippen molar-refractivity contribution in [1.82, 2.24) is 14.8 Å². The number of pyridine rings is 1. The Bertz CT molecular complexity index is 1500. The third kappa shape index (κ3) is 3.69. The molecule has 0 fully saturated rings. The smallest absolute Gasteiger partial charge is 0.274 e. The van der Waals surface area contributed by atoms with Gasteiger partial charge in [0.25, 0.3) is 11.8 Å².